The third-order valence-electron chi connectivity index (χ3n) is 3.50. The fourth-order valence-corrected chi connectivity index (χ4v) is 2.59. The first-order valence-corrected chi connectivity index (χ1v) is 7.67. The van der Waals surface area contributed by atoms with Gasteiger partial charge < -0.3 is 10.4 Å². The van der Waals surface area contributed by atoms with E-state index in [9.17, 15) is 27.2 Å². The maximum Gasteiger partial charge on any atom is 0.305 e. The standard InChI is InChI=1S/C17H12ClF4NO3/c18-10-2-1-3-11(19)16(10)17(26)23-9(6-15(24)25)4-8-5-13(21)14(22)7-12(8)20/h1-3,5,7,9H,4,6H2,(H,23,26)(H,24,25)/t9-/m1/s1. The van der Waals surface area contributed by atoms with E-state index in [-0.39, 0.29) is 10.6 Å². The fourth-order valence-electron chi connectivity index (χ4n) is 2.34. The summed E-state index contributed by atoms with van der Waals surface area (Å²) in [6, 6.07) is 3.21. The van der Waals surface area contributed by atoms with Crippen LogP contribution in [-0.4, -0.2) is 23.0 Å². The van der Waals surface area contributed by atoms with Gasteiger partial charge in [-0.05, 0) is 30.2 Å². The highest BCUT2D eigenvalue weighted by Crippen LogP contribution is 2.20. The number of carbonyl (C=O) groups excluding carboxylic acids is 1. The number of carbonyl (C=O) groups is 2. The first kappa shape index (κ1) is 19.7. The molecule has 26 heavy (non-hydrogen) atoms. The van der Waals surface area contributed by atoms with Crippen molar-refractivity contribution in [2.45, 2.75) is 18.9 Å². The van der Waals surface area contributed by atoms with Crippen molar-refractivity contribution in [3.05, 3.63) is 69.8 Å². The number of hydrogen-bond donors (Lipinski definition) is 2. The van der Waals surface area contributed by atoms with Gasteiger partial charge in [0.2, 0.25) is 0 Å². The minimum absolute atomic E-state index is 0.199. The molecule has 0 spiro atoms. The van der Waals surface area contributed by atoms with Crippen molar-refractivity contribution in [1.29, 1.82) is 0 Å². The zero-order chi connectivity index (χ0) is 19.4. The van der Waals surface area contributed by atoms with Crippen molar-refractivity contribution in [2.24, 2.45) is 0 Å². The van der Waals surface area contributed by atoms with Gasteiger partial charge in [0, 0.05) is 12.1 Å². The van der Waals surface area contributed by atoms with Gasteiger partial charge in [-0.25, -0.2) is 17.6 Å². The van der Waals surface area contributed by atoms with E-state index in [1.807, 2.05) is 0 Å². The normalized spacial score (nSPS) is 11.9. The Morgan fingerprint density at radius 3 is 2.31 bits per heavy atom. The second-order valence-corrected chi connectivity index (χ2v) is 5.83. The summed E-state index contributed by atoms with van der Waals surface area (Å²) >= 11 is 5.77. The van der Waals surface area contributed by atoms with Crippen LogP contribution in [0.2, 0.25) is 5.02 Å². The number of benzene rings is 2. The fraction of sp³-hybridized carbons (Fsp3) is 0.176. The lowest BCUT2D eigenvalue weighted by molar-refractivity contribution is -0.137. The Bertz CT molecular complexity index is 840. The molecule has 0 aromatic heterocycles. The molecule has 2 N–H and O–H groups in total. The molecule has 0 aliphatic carbocycles. The number of carboxylic acids is 1. The van der Waals surface area contributed by atoms with Crippen LogP contribution in [0.4, 0.5) is 17.6 Å². The zero-order valence-corrected chi connectivity index (χ0v) is 13.8. The Morgan fingerprint density at radius 1 is 1.04 bits per heavy atom. The lowest BCUT2D eigenvalue weighted by Gasteiger charge is -2.18. The molecule has 0 bridgehead atoms. The summed E-state index contributed by atoms with van der Waals surface area (Å²) in [6.07, 6.45) is -1.11. The largest absolute Gasteiger partial charge is 0.481 e. The highest BCUT2D eigenvalue weighted by Gasteiger charge is 2.23. The Balaban J connectivity index is 2.27. The highest BCUT2D eigenvalue weighted by atomic mass is 35.5. The molecule has 1 atom stereocenters. The molecule has 2 aromatic rings. The van der Waals surface area contributed by atoms with E-state index < -0.39 is 59.6 Å². The van der Waals surface area contributed by atoms with Gasteiger partial charge in [0.15, 0.2) is 11.6 Å². The van der Waals surface area contributed by atoms with E-state index >= 15 is 0 Å². The summed E-state index contributed by atoms with van der Waals surface area (Å²) < 4.78 is 53.8. The van der Waals surface area contributed by atoms with Crippen LogP contribution in [0.5, 0.6) is 0 Å². The molecule has 0 saturated carbocycles. The molecule has 0 heterocycles. The molecule has 0 radical (unpaired) electrons. The van der Waals surface area contributed by atoms with Crippen LogP contribution < -0.4 is 5.32 Å². The van der Waals surface area contributed by atoms with Crippen molar-refractivity contribution in [3.8, 4) is 0 Å². The third-order valence-corrected chi connectivity index (χ3v) is 3.82. The van der Waals surface area contributed by atoms with E-state index in [0.29, 0.717) is 12.1 Å². The predicted octanol–water partition coefficient (Wildman–Crippen LogP) is 3.71. The molecule has 0 saturated heterocycles. The summed E-state index contributed by atoms with van der Waals surface area (Å²) in [5.41, 5.74) is -0.842. The second-order valence-electron chi connectivity index (χ2n) is 5.43. The number of aliphatic carboxylic acids is 1. The average molecular weight is 390 g/mol. The van der Waals surface area contributed by atoms with Crippen LogP contribution in [0.1, 0.15) is 22.3 Å². The van der Waals surface area contributed by atoms with Gasteiger partial charge in [0.25, 0.3) is 5.91 Å². The van der Waals surface area contributed by atoms with Gasteiger partial charge in [-0.15, -0.1) is 0 Å². The van der Waals surface area contributed by atoms with Crippen LogP contribution in [0.15, 0.2) is 30.3 Å². The number of hydrogen-bond acceptors (Lipinski definition) is 2. The van der Waals surface area contributed by atoms with E-state index in [1.165, 1.54) is 12.1 Å². The molecule has 0 fully saturated rings. The van der Waals surface area contributed by atoms with Crippen LogP contribution in [0.25, 0.3) is 0 Å². The van der Waals surface area contributed by atoms with Gasteiger partial charge in [-0.1, -0.05) is 17.7 Å². The number of amides is 1. The molecular weight excluding hydrogens is 378 g/mol. The van der Waals surface area contributed by atoms with Crippen molar-refractivity contribution >= 4 is 23.5 Å². The Hall–Kier alpha value is -2.61. The molecule has 9 heteroatoms. The van der Waals surface area contributed by atoms with Crippen LogP contribution in [-0.2, 0) is 11.2 Å². The van der Waals surface area contributed by atoms with Gasteiger partial charge in [0.1, 0.15) is 11.6 Å². The molecule has 1 amide bonds. The lowest BCUT2D eigenvalue weighted by Crippen LogP contribution is -2.38. The quantitative estimate of drug-likeness (QED) is 0.584. The lowest BCUT2D eigenvalue weighted by atomic mass is 10.0. The average Bonchev–Trinajstić information content (AvgIpc) is 2.51. The van der Waals surface area contributed by atoms with E-state index in [0.717, 1.165) is 6.07 Å². The number of carboxylic acid groups (broad SMARTS) is 1. The highest BCUT2D eigenvalue weighted by molar-refractivity contribution is 6.33. The second kappa shape index (κ2) is 8.18. The summed E-state index contributed by atoms with van der Waals surface area (Å²) in [6.45, 7) is 0. The van der Waals surface area contributed by atoms with E-state index in [4.69, 9.17) is 16.7 Å². The molecule has 0 unspecified atom stereocenters. The van der Waals surface area contributed by atoms with Crippen molar-refractivity contribution in [1.82, 2.24) is 5.32 Å². The molecular formula is C17H12ClF4NO3. The first-order chi connectivity index (χ1) is 12.2. The Labute approximate surface area is 150 Å². The first-order valence-electron chi connectivity index (χ1n) is 7.29. The monoisotopic (exact) mass is 389 g/mol. The van der Waals surface area contributed by atoms with Gasteiger partial charge in [-0.2, -0.15) is 0 Å². The predicted molar refractivity (Wildman–Crippen MR) is 84.9 cm³/mol. The number of nitrogens with one attached hydrogen (secondary N) is 1. The molecule has 2 aromatic carbocycles. The van der Waals surface area contributed by atoms with Crippen molar-refractivity contribution < 1.29 is 32.3 Å². The molecule has 0 aliphatic heterocycles. The molecule has 4 nitrogen and oxygen atoms in total. The summed E-state index contributed by atoms with van der Waals surface area (Å²) in [5, 5.41) is 11.0. The molecule has 2 rings (SSSR count). The van der Waals surface area contributed by atoms with E-state index in [1.54, 1.807) is 0 Å². The van der Waals surface area contributed by atoms with Crippen LogP contribution in [0, 0.1) is 23.3 Å². The third kappa shape index (κ3) is 4.72. The summed E-state index contributed by atoms with van der Waals surface area (Å²) in [7, 11) is 0. The Morgan fingerprint density at radius 2 is 1.69 bits per heavy atom. The van der Waals surface area contributed by atoms with Crippen molar-refractivity contribution in [3.63, 3.8) is 0 Å². The van der Waals surface area contributed by atoms with E-state index in [2.05, 4.69) is 5.32 Å². The van der Waals surface area contributed by atoms with Crippen LogP contribution >= 0.6 is 11.6 Å². The number of halogens is 5. The van der Waals surface area contributed by atoms with Gasteiger partial charge in [0.05, 0.1) is 17.0 Å². The Kier molecular flexibility index (Phi) is 6.20. The smallest absolute Gasteiger partial charge is 0.305 e. The van der Waals surface area contributed by atoms with Gasteiger partial charge >= 0.3 is 5.97 Å². The molecule has 0 aliphatic rings. The zero-order valence-electron chi connectivity index (χ0n) is 13.0. The van der Waals surface area contributed by atoms with Gasteiger partial charge in [-0.3, -0.25) is 9.59 Å². The molecule has 138 valence electrons. The SMILES string of the molecule is O=C(O)C[C@@H](Cc1cc(F)c(F)cc1F)NC(=O)c1c(F)cccc1Cl. The minimum atomic E-state index is -1.40. The minimum Gasteiger partial charge on any atom is -0.481 e. The summed E-state index contributed by atoms with van der Waals surface area (Å²) in [5.74, 6) is -7.09. The van der Waals surface area contributed by atoms with Crippen molar-refractivity contribution in [2.75, 3.05) is 0 Å². The van der Waals surface area contributed by atoms with Crippen LogP contribution in [0.3, 0.4) is 0 Å². The maximum absolute atomic E-state index is 13.8. The number of rotatable bonds is 6. The summed E-state index contributed by atoms with van der Waals surface area (Å²) in [4.78, 5) is 23.2. The maximum atomic E-state index is 13.8. The topological polar surface area (TPSA) is 66.4 Å².